The van der Waals surface area contributed by atoms with Gasteiger partial charge in [-0.25, -0.2) is 0 Å². The zero-order chi connectivity index (χ0) is 78.3. The minimum atomic E-state index is -1.66. The summed E-state index contributed by atoms with van der Waals surface area (Å²) in [5.74, 6) is -0.241. The van der Waals surface area contributed by atoms with Crippen LogP contribution in [0.5, 0.6) is 0 Å². The lowest BCUT2D eigenvalue weighted by Gasteiger charge is -2.52. The fourth-order valence-corrected chi connectivity index (χ4v) is 15.4. The second-order valence-electron chi connectivity index (χ2n) is 31.4. The molecule has 18 heteroatoms. The summed E-state index contributed by atoms with van der Waals surface area (Å²) in [7, 11) is -1.66. The SMILES string of the molecule is CCCCCCCCCCCCCCCC(=O)N[C@H]1[C@H](O[C@H]2[C@@H](OCc3ccccc3)[C@@H](COCc3ccccc3)O[C@@H](O[C@H]3[C@H](OCc4ccccc4)[C@@H](OCc4ccccc4)[C@H](OCC[Si](C)(C)C)O[C@@H]3COCc3ccccc3)[C@@H]2OCc2ccccc2)O[C@H](COCc2ccccc2)[C@@H](O)[C@@H]1OCc1ccccc1. The Morgan fingerprint density at radius 1 is 0.336 bits per heavy atom. The normalized spacial score (nSPS) is 23.9. The third kappa shape index (κ3) is 29.5. The van der Waals surface area contributed by atoms with Gasteiger partial charge in [0, 0.05) is 21.1 Å². The zero-order valence-electron chi connectivity index (χ0n) is 66.9. The first-order valence-corrected chi connectivity index (χ1v) is 45.2. The molecule has 15 atom stereocenters. The molecule has 3 aliphatic heterocycles. The van der Waals surface area contributed by atoms with Gasteiger partial charge in [0.05, 0.1) is 72.7 Å². The topological polar surface area (TPSA) is 179 Å². The zero-order valence-corrected chi connectivity index (χ0v) is 67.9. The van der Waals surface area contributed by atoms with Crippen LogP contribution < -0.4 is 5.32 Å². The van der Waals surface area contributed by atoms with Crippen LogP contribution in [0.3, 0.4) is 0 Å². The van der Waals surface area contributed by atoms with Crippen LogP contribution in [0.25, 0.3) is 0 Å². The van der Waals surface area contributed by atoms with Crippen LogP contribution in [0, 0.1) is 0 Å². The number of unbranched alkanes of at least 4 members (excludes halogenated alkanes) is 12. The average Bonchev–Trinajstić information content (AvgIpc) is 0.761. The number of rotatable bonds is 50. The van der Waals surface area contributed by atoms with Crippen LogP contribution in [-0.2, 0) is 124 Å². The predicted octanol–water partition coefficient (Wildman–Crippen LogP) is 18.2. The molecule has 0 spiro atoms. The maximum Gasteiger partial charge on any atom is 0.220 e. The Morgan fingerprint density at radius 2 is 0.646 bits per heavy atom. The number of benzene rings is 8. The molecule has 3 fully saturated rings. The molecule has 3 saturated heterocycles. The molecule has 17 nitrogen and oxygen atoms in total. The quantitative estimate of drug-likeness (QED) is 0.0271. The number of hydrogen-bond acceptors (Lipinski definition) is 16. The number of aliphatic hydroxyl groups excluding tert-OH is 1. The smallest absolute Gasteiger partial charge is 0.220 e. The summed E-state index contributed by atoms with van der Waals surface area (Å²) in [6.45, 7) is 10.9. The number of nitrogens with one attached hydrogen (secondary N) is 1. The lowest BCUT2D eigenvalue weighted by atomic mass is 9.94. The van der Waals surface area contributed by atoms with Crippen LogP contribution in [-0.4, -0.2) is 138 Å². The molecule has 2 N–H and O–H groups in total. The van der Waals surface area contributed by atoms with Crippen LogP contribution in [0.4, 0.5) is 0 Å². The molecule has 8 aromatic rings. The lowest BCUT2D eigenvalue weighted by Crippen LogP contribution is -2.69. The van der Waals surface area contributed by atoms with Gasteiger partial charge < -0.3 is 76.7 Å². The van der Waals surface area contributed by atoms with Gasteiger partial charge in [0.2, 0.25) is 5.91 Å². The Kier molecular flexibility index (Phi) is 37.1. The van der Waals surface area contributed by atoms with E-state index in [1.807, 2.05) is 243 Å². The van der Waals surface area contributed by atoms with Crippen LogP contribution in [0.2, 0.25) is 25.7 Å². The number of amides is 1. The van der Waals surface area contributed by atoms with Gasteiger partial charge >= 0.3 is 0 Å². The summed E-state index contributed by atoms with van der Waals surface area (Å²) in [5, 5.41) is 16.4. The monoisotopic (exact) mass is 1560 g/mol. The Bertz CT molecular complexity index is 3800. The molecule has 3 aliphatic rings. The van der Waals surface area contributed by atoms with Gasteiger partial charge in [0.15, 0.2) is 18.9 Å². The van der Waals surface area contributed by atoms with Crippen molar-refractivity contribution in [3.63, 3.8) is 0 Å². The molecule has 0 radical (unpaired) electrons. The van der Waals surface area contributed by atoms with Crippen molar-refractivity contribution in [2.24, 2.45) is 0 Å². The summed E-state index contributed by atoms with van der Waals surface area (Å²) < 4.78 is 102. The number of hydrogen-bond donors (Lipinski definition) is 2. The highest BCUT2D eigenvalue weighted by atomic mass is 28.3. The van der Waals surface area contributed by atoms with Crippen molar-refractivity contribution in [3.05, 3.63) is 287 Å². The standard InChI is InChI=1S/C95H123NO16Si/c1-5-6-7-8-9-10-11-12-13-14-15-16-41-58-83(97)96-84-88(104-65-76-50-33-21-34-51-76)85(98)80(69-99-61-72-42-25-17-26-43-72)108-93(84)112-90-86(103-64-75-48-31-20-32-49-75)81(70-100-62-73-44-27-18-28-45-73)110-95(92(90)107-68-79-56-39-24-40-57-79)111-87-82(71-101-63-74-46-29-19-30-47-74)109-94(102-59-60-113(2,3)4)91(106-67-78-54-37-23-38-55-78)89(87)105-66-77-52-35-22-36-53-77/h17-40,42-57,80-82,84-95,98H,5-16,41,58-71H2,1-4H3,(H,96,97)/t80-,81-,82-,84-,85-,86+,87-,88-,89+,90+,91-,92-,93+,94-,95+/m1/s1. The molecule has 608 valence electrons. The predicted molar refractivity (Wildman–Crippen MR) is 441 cm³/mol. The Balaban J connectivity index is 1.01. The molecule has 0 unspecified atom stereocenters. The Hall–Kier alpha value is -7.15. The Labute approximate surface area is 672 Å². The van der Waals surface area contributed by atoms with E-state index in [4.69, 9.17) is 66.3 Å². The number of carbonyl (C=O) groups is 1. The molecule has 0 aliphatic carbocycles. The lowest BCUT2D eigenvalue weighted by molar-refractivity contribution is -0.389. The fraction of sp³-hybridized carbons (Fsp3) is 0.484. The fourth-order valence-electron chi connectivity index (χ4n) is 14.6. The highest BCUT2D eigenvalue weighted by Gasteiger charge is 2.57. The molecule has 0 bridgehead atoms. The third-order valence-corrected chi connectivity index (χ3v) is 22.7. The van der Waals surface area contributed by atoms with Gasteiger partial charge in [0.1, 0.15) is 73.2 Å². The van der Waals surface area contributed by atoms with E-state index < -0.39 is 100 Å². The minimum absolute atomic E-state index is 0.0235. The van der Waals surface area contributed by atoms with Crippen molar-refractivity contribution in [1.82, 2.24) is 5.32 Å². The van der Waals surface area contributed by atoms with E-state index in [0.29, 0.717) is 13.0 Å². The molecule has 0 saturated carbocycles. The van der Waals surface area contributed by atoms with Crippen LogP contribution >= 0.6 is 0 Å². The second-order valence-corrected chi connectivity index (χ2v) is 37.0. The van der Waals surface area contributed by atoms with E-state index in [-0.39, 0.29) is 85.0 Å². The van der Waals surface area contributed by atoms with E-state index in [1.54, 1.807) is 0 Å². The van der Waals surface area contributed by atoms with Crippen molar-refractivity contribution in [2.45, 2.75) is 267 Å². The molecule has 1 amide bonds. The second kappa shape index (κ2) is 48.4. The van der Waals surface area contributed by atoms with E-state index in [0.717, 1.165) is 69.8 Å². The van der Waals surface area contributed by atoms with Crippen LogP contribution in [0.15, 0.2) is 243 Å². The summed E-state index contributed by atoms with van der Waals surface area (Å²) in [6, 6.07) is 79.3. The largest absolute Gasteiger partial charge is 0.388 e. The van der Waals surface area contributed by atoms with E-state index >= 15 is 4.79 Å². The maximum absolute atomic E-state index is 15.1. The third-order valence-electron chi connectivity index (χ3n) is 21.0. The van der Waals surface area contributed by atoms with E-state index in [2.05, 4.69) is 31.9 Å². The van der Waals surface area contributed by atoms with Crippen molar-refractivity contribution >= 4 is 14.0 Å². The van der Waals surface area contributed by atoms with Gasteiger partial charge in [-0.05, 0) is 57.0 Å². The van der Waals surface area contributed by atoms with Gasteiger partial charge in [-0.2, -0.15) is 0 Å². The number of carbonyl (C=O) groups excluding carboxylic acids is 1. The van der Waals surface area contributed by atoms with Gasteiger partial charge in [-0.3, -0.25) is 4.79 Å². The van der Waals surface area contributed by atoms with Crippen molar-refractivity contribution < 1.29 is 76.2 Å². The molecule has 8 aromatic carbocycles. The summed E-state index contributed by atoms with van der Waals surface area (Å²) in [5.41, 5.74) is 7.32. The molecular weight excluding hydrogens is 1440 g/mol. The van der Waals surface area contributed by atoms with Crippen molar-refractivity contribution in [3.8, 4) is 0 Å². The molecular formula is C95H123NO16Si. The van der Waals surface area contributed by atoms with E-state index in [1.165, 1.54) is 57.8 Å². The molecule has 3 heterocycles. The molecule has 113 heavy (non-hydrogen) atoms. The number of aliphatic hydroxyl groups is 1. The molecule has 11 rings (SSSR count). The summed E-state index contributed by atoms with van der Waals surface area (Å²) >= 11 is 0. The van der Waals surface area contributed by atoms with Gasteiger partial charge in [-0.1, -0.05) is 346 Å². The highest BCUT2D eigenvalue weighted by molar-refractivity contribution is 6.76. The summed E-state index contributed by atoms with van der Waals surface area (Å²) in [6.07, 6.45) is -0.0884. The van der Waals surface area contributed by atoms with Crippen molar-refractivity contribution in [1.29, 1.82) is 0 Å². The summed E-state index contributed by atoms with van der Waals surface area (Å²) in [4.78, 5) is 15.1. The van der Waals surface area contributed by atoms with Gasteiger partial charge in [-0.15, -0.1) is 0 Å². The average molecular weight is 1560 g/mol. The van der Waals surface area contributed by atoms with Crippen LogP contribution in [0.1, 0.15) is 141 Å². The van der Waals surface area contributed by atoms with Crippen molar-refractivity contribution in [2.75, 3.05) is 26.4 Å². The van der Waals surface area contributed by atoms with E-state index in [9.17, 15) is 5.11 Å². The highest BCUT2D eigenvalue weighted by Crippen LogP contribution is 2.39. The molecule has 0 aromatic heterocycles. The van der Waals surface area contributed by atoms with Gasteiger partial charge in [0.25, 0.3) is 0 Å². The number of ether oxygens (including phenoxy) is 14. The first-order chi connectivity index (χ1) is 55.5. The maximum atomic E-state index is 15.1. The minimum Gasteiger partial charge on any atom is -0.388 e. The Morgan fingerprint density at radius 3 is 1.04 bits per heavy atom. The first kappa shape index (κ1) is 86.7. The first-order valence-electron chi connectivity index (χ1n) is 41.5.